The molecule has 142 valence electrons. The zero-order chi connectivity index (χ0) is 18.6. The number of rotatable bonds is 6. The summed E-state index contributed by atoms with van der Waals surface area (Å²) >= 11 is 3.43. The fourth-order valence-corrected chi connectivity index (χ4v) is 5.41. The highest BCUT2D eigenvalue weighted by molar-refractivity contribution is 9.10. The van der Waals surface area contributed by atoms with Crippen molar-refractivity contribution < 1.29 is 4.21 Å². The molecule has 1 atom stereocenters. The minimum Gasteiger partial charge on any atom is -0.346 e. The molecule has 1 aliphatic rings. The highest BCUT2D eigenvalue weighted by atomic mass is 79.9. The second-order valence-electron chi connectivity index (χ2n) is 7.17. The molecule has 0 saturated carbocycles. The fourth-order valence-electron chi connectivity index (χ4n) is 3.77. The Morgan fingerprint density at radius 2 is 1.93 bits per heavy atom. The lowest BCUT2D eigenvalue weighted by atomic mass is 9.98. The summed E-state index contributed by atoms with van der Waals surface area (Å²) in [6, 6.07) is 14.5. The van der Waals surface area contributed by atoms with Gasteiger partial charge in [-0.15, -0.1) is 0 Å². The van der Waals surface area contributed by atoms with E-state index in [0.29, 0.717) is 5.92 Å². The molecule has 0 aliphatic carbocycles. The van der Waals surface area contributed by atoms with Crippen molar-refractivity contribution in [3.8, 4) is 0 Å². The first-order chi connectivity index (χ1) is 13.2. The van der Waals surface area contributed by atoms with Crippen molar-refractivity contribution in [1.29, 1.82) is 0 Å². The van der Waals surface area contributed by atoms with E-state index in [4.69, 9.17) is 0 Å². The summed E-state index contributed by atoms with van der Waals surface area (Å²) in [5.41, 5.74) is 2.45. The molecule has 4 nitrogen and oxygen atoms in total. The molecule has 6 heteroatoms. The Morgan fingerprint density at radius 1 is 1.15 bits per heavy atom. The predicted molar refractivity (Wildman–Crippen MR) is 115 cm³/mol. The van der Waals surface area contributed by atoms with E-state index in [-0.39, 0.29) is 0 Å². The monoisotopic (exact) mass is 445 g/mol. The zero-order valence-corrected chi connectivity index (χ0v) is 17.7. The summed E-state index contributed by atoms with van der Waals surface area (Å²) in [4.78, 5) is 4.36. The van der Waals surface area contributed by atoms with E-state index in [2.05, 4.69) is 60.2 Å². The maximum Gasteiger partial charge on any atom is 0.106 e. The lowest BCUT2D eigenvalue weighted by Crippen LogP contribution is -2.37. The first-order valence-electron chi connectivity index (χ1n) is 9.47. The molecule has 1 fully saturated rings. The van der Waals surface area contributed by atoms with Gasteiger partial charge in [-0.05, 0) is 58.8 Å². The van der Waals surface area contributed by atoms with E-state index in [9.17, 15) is 4.21 Å². The van der Waals surface area contributed by atoms with E-state index in [1.807, 2.05) is 24.4 Å². The molecule has 1 aromatic carbocycles. The minimum atomic E-state index is -0.874. The van der Waals surface area contributed by atoms with Crippen LogP contribution >= 0.6 is 15.9 Å². The van der Waals surface area contributed by atoms with Gasteiger partial charge in [0.1, 0.15) is 4.60 Å². The molecule has 0 radical (unpaired) electrons. The van der Waals surface area contributed by atoms with Gasteiger partial charge in [0, 0.05) is 37.0 Å². The molecular weight excluding hydrogens is 422 g/mol. The van der Waals surface area contributed by atoms with E-state index in [1.54, 1.807) is 0 Å². The molecule has 1 saturated heterocycles. The fraction of sp³-hybridized carbons (Fsp3) is 0.381. The van der Waals surface area contributed by atoms with Crippen molar-refractivity contribution in [3.63, 3.8) is 0 Å². The maximum absolute atomic E-state index is 12.6. The van der Waals surface area contributed by atoms with Crippen molar-refractivity contribution in [2.24, 2.45) is 5.92 Å². The molecule has 2 aromatic heterocycles. The largest absolute Gasteiger partial charge is 0.346 e. The summed E-state index contributed by atoms with van der Waals surface area (Å²) in [6.45, 7) is 2.86. The number of aromatic nitrogens is 2. The van der Waals surface area contributed by atoms with Gasteiger partial charge in [-0.25, -0.2) is 13.5 Å². The van der Waals surface area contributed by atoms with Gasteiger partial charge in [-0.3, -0.25) is 0 Å². The summed E-state index contributed by atoms with van der Waals surface area (Å²) < 4.78 is 18.0. The van der Waals surface area contributed by atoms with Crippen LogP contribution in [0.4, 0.5) is 0 Å². The van der Waals surface area contributed by atoms with E-state index >= 15 is 0 Å². The number of hydrogen-bond acceptors (Lipinski definition) is 2. The predicted octanol–water partition coefficient (Wildman–Crippen LogP) is 4.42. The highest BCUT2D eigenvalue weighted by Gasteiger charge is 2.23. The van der Waals surface area contributed by atoms with Crippen LogP contribution in [0.25, 0.3) is 10.9 Å². The molecule has 0 amide bonds. The lowest BCUT2D eigenvalue weighted by molar-refractivity contribution is 0.262. The molecular formula is C21H24BrN3OS. The van der Waals surface area contributed by atoms with Crippen molar-refractivity contribution in [3.05, 3.63) is 65.0 Å². The number of halogens is 1. The van der Waals surface area contributed by atoms with Gasteiger partial charge in [0.25, 0.3) is 0 Å². The Balaban J connectivity index is 1.29. The molecule has 0 N–H and O–H groups in total. The number of pyridine rings is 1. The van der Waals surface area contributed by atoms with E-state index in [0.717, 1.165) is 49.3 Å². The van der Waals surface area contributed by atoms with Crippen LogP contribution in [-0.2, 0) is 24.0 Å². The van der Waals surface area contributed by atoms with Gasteiger partial charge in [0.05, 0.1) is 22.7 Å². The maximum atomic E-state index is 12.6. The van der Waals surface area contributed by atoms with Crippen molar-refractivity contribution in [2.75, 3.05) is 18.8 Å². The third kappa shape index (κ3) is 4.68. The number of nitrogens with zero attached hydrogens (tertiary/aromatic N) is 3. The molecule has 3 aromatic rings. The smallest absolute Gasteiger partial charge is 0.106 e. The average Bonchev–Trinajstić information content (AvgIpc) is 3.09. The van der Waals surface area contributed by atoms with Crippen LogP contribution in [0.2, 0.25) is 0 Å². The number of hydrogen-bond donors (Lipinski definition) is 0. The first kappa shape index (κ1) is 18.8. The second kappa shape index (κ2) is 8.67. The molecule has 1 aliphatic heterocycles. The van der Waals surface area contributed by atoms with Gasteiger partial charge < -0.3 is 4.57 Å². The number of aryl methyl sites for hydroxylation is 1. The SMILES string of the molecule is O=S(CCc1ccccc1)N1CCC(Cn2ccc3cc(Br)ncc32)CC1. The summed E-state index contributed by atoms with van der Waals surface area (Å²) in [5.74, 6) is 1.35. The number of fused-ring (bicyclic) bond motifs is 1. The Kier molecular flexibility index (Phi) is 6.05. The van der Waals surface area contributed by atoms with Crippen molar-refractivity contribution >= 4 is 37.8 Å². The van der Waals surface area contributed by atoms with Gasteiger partial charge in [0.2, 0.25) is 0 Å². The van der Waals surface area contributed by atoms with Crippen LogP contribution in [0.1, 0.15) is 18.4 Å². The quantitative estimate of drug-likeness (QED) is 0.526. The molecule has 0 bridgehead atoms. The normalized spacial score (nSPS) is 17.4. The van der Waals surface area contributed by atoms with Crippen molar-refractivity contribution in [2.45, 2.75) is 25.8 Å². The van der Waals surface area contributed by atoms with Gasteiger partial charge in [-0.1, -0.05) is 30.3 Å². The average molecular weight is 446 g/mol. The number of benzene rings is 1. The highest BCUT2D eigenvalue weighted by Crippen LogP contribution is 2.24. The molecule has 0 spiro atoms. The topological polar surface area (TPSA) is 38.1 Å². The van der Waals surface area contributed by atoms with E-state index in [1.165, 1.54) is 16.5 Å². The molecule has 4 rings (SSSR count). The van der Waals surface area contributed by atoms with Crippen LogP contribution in [0, 0.1) is 5.92 Å². The summed E-state index contributed by atoms with van der Waals surface area (Å²) in [6.07, 6.45) is 7.17. The Hall–Kier alpha value is -1.50. The summed E-state index contributed by atoms with van der Waals surface area (Å²) in [7, 11) is -0.874. The Bertz CT molecular complexity index is 920. The Labute approximate surface area is 171 Å². The van der Waals surface area contributed by atoms with Crippen LogP contribution in [0.3, 0.4) is 0 Å². The molecule has 1 unspecified atom stereocenters. The van der Waals surface area contributed by atoms with Crippen molar-refractivity contribution in [1.82, 2.24) is 13.9 Å². The van der Waals surface area contributed by atoms with Gasteiger partial charge in [-0.2, -0.15) is 0 Å². The second-order valence-corrected chi connectivity index (χ2v) is 9.55. The number of piperidine rings is 1. The van der Waals surface area contributed by atoms with Crippen LogP contribution in [-0.4, -0.2) is 36.9 Å². The van der Waals surface area contributed by atoms with Gasteiger partial charge in [0.15, 0.2) is 0 Å². The van der Waals surface area contributed by atoms with Crippen LogP contribution in [0.15, 0.2) is 59.5 Å². The van der Waals surface area contributed by atoms with E-state index < -0.39 is 11.0 Å². The third-order valence-electron chi connectivity index (χ3n) is 5.35. The van der Waals surface area contributed by atoms with Crippen LogP contribution < -0.4 is 0 Å². The molecule has 3 heterocycles. The third-order valence-corrected chi connectivity index (χ3v) is 7.28. The minimum absolute atomic E-state index is 0.631. The first-order valence-corrected chi connectivity index (χ1v) is 11.5. The molecule has 27 heavy (non-hydrogen) atoms. The van der Waals surface area contributed by atoms with Crippen LogP contribution in [0.5, 0.6) is 0 Å². The van der Waals surface area contributed by atoms with Gasteiger partial charge >= 0.3 is 0 Å². The zero-order valence-electron chi connectivity index (χ0n) is 15.3. The lowest BCUT2D eigenvalue weighted by Gasteiger charge is -2.31. The standard InChI is InChI=1S/C21H24BrN3OS/c22-21-14-19-8-10-24(20(19)15-23-21)16-18-6-11-25(12-7-18)27(26)13-9-17-4-2-1-3-5-17/h1-5,8,10,14-15,18H,6-7,9,11-13,16H2. The Morgan fingerprint density at radius 3 is 2.70 bits per heavy atom. The summed E-state index contributed by atoms with van der Waals surface area (Å²) in [5, 5.41) is 1.22.